The lowest BCUT2D eigenvalue weighted by Crippen LogP contribution is -2.36. The second kappa shape index (κ2) is 8.18. The van der Waals surface area contributed by atoms with Crippen molar-refractivity contribution in [2.75, 3.05) is 33.0 Å². The van der Waals surface area contributed by atoms with Gasteiger partial charge in [0.2, 0.25) is 6.79 Å². The first-order chi connectivity index (χ1) is 13.7. The molecule has 2 aliphatic heterocycles. The summed E-state index contributed by atoms with van der Waals surface area (Å²) in [5.74, 6) is 1.58. The number of ether oxygens (including phenoxy) is 2. The number of rotatable bonds is 6. The Morgan fingerprint density at radius 2 is 2.07 bits per heavy atom. The molecule has 0 saturated carbocycles. The van der Waals surface area contributed by atoms with Gasteiger partial charge in [-0.15, -0.1) is 5.10 Å². The molecule has 0 aliphatic carbocycles. The summed E-state index contributed by atoms with van der Waals surface area (Å²) in [4.78, 5) is 16.7. The number of nitrogens with zero attached hydrogens (tertiary/aromatic N) is 5. The number of likely N-dealkylation sites (tertiary alicyclic amines) is 1. The van der Waals surface area contributed by atoms with Crippen LogP contribution in [0.5, 0.6) is 11.5 Å². The SMILES string of the molecule is CCN(CC)C(=O)c1cn(C2CCCN(Cc3ccc4c(c3)OCO4)C2)nn1. The van der Waals surface area contributed by atoms with E-state index in [4.69, 9.17) is 9.47 Å². The second-order valence-corrected chi connectivity index (χ2v) is 7.28. The molecule has 0 radical (unpaired) electrons. The molecule has 1 amide bonds. The molecule has 8 heteroatoms. The standard InChI is InChI=1S/C20H27N5O3/c1-3-24(4-2)20(26)17-13-25(22-21-17)16-6-5-9-23(12-16)11-15-7-8-18-19(10-15)28-14-27-18/h7-8,10,13,16H,3-6,9,11-12,14H2,1-2H3. The number of benzene rings is 1. The minimum Gasteiger partial charge on any atom is -0.454 e. The molecule has 2 aliphatic rings. The lowest BCUT2D eigenvalue weighted by molar-refractivity contribution is 0.0767. The van der Waals surface area contributed by atoms with Crippen LogP contribution in [0.1, 0.15) is 48.8 Å². The van der Waals surface area contributed by atoms with E-state index in [0.29, 0.717) is 25.6 Å². The molecule has 8 nitrogen and oxygen atoms in total. The third-order valence-corrected chi connectivity index (χ3v) is 5.48. The van der Waals surface area contributed by atoms with Gasteiger partial charge in [0.1, 0.15) is 0 Å². The molecule has 28 heavy (non-hydrogen) atoms. The Morgan fingerprint density at radius 3 is 2.89 bits per heavy atom. The molecule has 1 atom stereocenters. The lowest BCUT2D eigenvalue weighted by atomic mass is 10.0. The maximum absolute atomic E-state index is 12.5. The molecule has 3 heterocycles. The number of carbonyl (C=O) groups excluding carboxylic acids is 1. The molecule has 1 fully saturated rings. The summed E-state index contributed by atoms with van der Waals surface area (Å²) in [7, 11) is 0. The van der Waals surface area contributed by atoms with Gasteiger partial charge >= 0.3 is 0 Å². The van der Waals surface area contributed by atoms with Crippen molar-refractivity contribution in [2.24, 2.45) is 0 Å². The van der Waals surface area contributed by atoms with E-state index < -0.39 is 0 Å². The first kappa shape index (κ1) is 18.7. The molecule has 1 unspecified atom stereocenters. The molecule has 150 valence electrons. The minimum absolute atomic E-state index is 0.0516. The molecule has 4 rings (SSSR count). The summed E-state index contributed by atoms with van der Waals surface area (Å²) in [6.45, 7) is 8.38. The molecule has 1 aromatic heterocycles. The smallest absolute Gasteiger partial charge is 0.276 e. The van der Waals surface area contributed by atoms with Gasteiger partial charge in [-0.2, -0.15) is 0 Å². The Hall–Kier alpha value is -2.61. The monoisotopic (exact) mass is 385 g/mol. The predicted octanol–water partition coefficient (Wildman–Crippen LogP) is 2.33. The van der Waals surface area contributed by atoms with Gasteiger partial charge in [0, 0.05) is 26.2 Å². The van der Waals surface area contributed by atoms with Crippen LogP contribution in [-0.4, -0.2) is 63.7 Å². The summed E-state index contributed by atoms with van der Waals surface area (Å²) in [6, 6.07) is 6.35. The fourth-order valence-corrected chi connectivity index (χ4v) is 3.91. The fraction of sp³-hybridized carbons (Fsp3) is 0.550. The van der Waals surface area contributed by atoms with E-state index in [-0.39, 0.29) is 11.9 Å². The molecule has 1 aromatic carbocycles. The highest BCUT2D eigenvalue weighted by Crippen LogP contribution is 2.33. The van der Waals surface area contributed by atoms with Crippen LogP contribution in [-0.2, 0) is 6.54 Å². The fourth-order valence-electron chi connectivity index (χ4n) is 3.91. The van der Waals surface area contributed by atoms with Crippen LogP contribution >= 0.6 is 0 Å². The van der Waals surface area contributed by atoms with E-state index in [9.17, 15) is 4.79 Å². The van der Waals surface area contributed by atoms with Crippen molar-refractivity contribution in [1.29, 1.82) is 0 Å². The minimum atomic E-state index is -0.0516. The summed E-state index contributed by atoms with van der Waals surface area (Å²) in [5, 5.41) is 8.39. The van der Waals surface area contributed by atoms with Gasteiger partial charge in [-0.3, -0.25) is 9.69 Å². The van der Waals surface area contributed by atoms with Crippen molar-refractivity contribution in [3.63, 3.8) is 0 Å². The van der Waals surface area contributed by atoms with Gasteiger partial charge < -0.3 is 14.4 Å². The van der Waals surface area contributed by atoms with E-state index >= 15 is 0 Å². The Morgan fingerprint density at radius 1 is 1.25 bits per heavy atom. The van der Waals surface area contributed by atoms with Crippen molar-refractivity contribution >= 4 is 5.91 Å². The van der Waals surface area contributed by atoms with E-state index in [0.717, 1.165) is 44.0 Å². The van der Waals surface area contributed by atoms with Crippen molar-refractivity contribution in [2.45, 2.75) is 39.3 Å². The highest BCUT2D eigenvalue weighted by molar-refractivity contribution is 5.91. The maximum Gasteiger partial charge on any atom is 0.276 e. The van der Waals surface area contributed by atoms with E-state index in [1.165, 1.54) is 5.56 Å². The van der Waals surface area contributed by atoms with Crippen LogP contribution in [0.3, 0.4) is 0 Å². The molecular weight excluding hydrogens is 358 g/mol. The van der Waals surface area contributed by atoms with Crippen LogP contribution in [0.25, 0.3) is 0 Å². The summed E-state index contributed by atoms with van der Waals surface area (Å²) in [5.41, 5.74) is 1.64. The number of hydrogen-bond donors (Lipinski definition) is 0. The third-order valence-electron chi connectivity index (χ3n) is 5.48. The molecular formula is C20H27N5O3. The number of piperidine rings is 1. The van der Waals surface area contributed by atoms with E-state index in [1.807, 2.05) is 24.6 Å². The largest absolute Gasteiger partial charge is 0.454 e. The van der Waals surface area contributed by atoms with Crippen LogP contribution < -0.4 is 9.47 Å². The quantitative estimate of drug-likeness (QED) is 0.760. The Labute approximate surface area is 165 Å². The van der Waals surface area contributed by atoms with Crippen LogP contribution in [0.4, 0.5) is 0 Å². The zero-order chi connectivity index (χ0) is 19.5. The second-order valence-electron chi connectivity index (χ2n) is 7.28. The van der Waals surface area contributed by atoms with Crippen LogP contribution in [0.15, 0.2) is 24.4 Å². The molecule has 0 bridgehead atoms. The number of hydrogen-bond acceptors (Lipinski definition) is 6. The third kappa shape index (κ3) is 3.82. The van der Waals surface area contributed by atoms with E-state index in [1.54, 1.807) is 11.1 Å². The first-order valence-electron chi connectivity index (χ1n) is 10.00. The Balaban J connectivity index is 1.41. The van der Waals surface area contributed by atoms with Crippen molar-refractivity contribution in [1.82, 2.24) is 24.8 Å². The number of aromatic nitrogens is 3. The summed E-state index contributed by atoms with van der Waals surface area (Å²) in [6.07, 6.45) is 3.93. The molecule has 1 saturated heterocycles. The van der Waals surface area contributed by atoms with Gasteiger partial charge in [0.05, 0.1) is 12.2 Å². The predicted molar refractivity (Wildman–Crippen MR) is 103 cm³/mol. The lowest BCUT2D eigenvalue weighted by Gasteiger charge is -2.32. The highest BCUT2D eigenvalue weighted by Gasteiger charge is 2.25. The van der Waals surface area contributed by atoms with Gasteiger partial charge in [0.15, 0.2) is 17.2 Å². The highest BCUT2D eigenvalue weighted by atomic mass is 16.7. The van der Waals surface area contributed by atoms with Gasteiger partial charge in [-0.25, -0.2) is 4.68 Å². The van der Waals surface area contributed by atoms with E-state index in [2.05, 4.69) is 27.3 Å². The van der Waals surface area contributed by atoms with Crippen molar-refractivity contribution in [3.05, 3.63) is 35.7 Å². The Kier molecular flexibility index (Phi) is 5.47. The summed E-state index contributed by atoms with van der Waals surface area (Å²) >= 11 is 0. The summed E-state index contributed by atoms with van der Waals surface area (Å²) < 4.78 is 12.7. The topological polar surface area (TPSA) is 72.7 Å². The van der Waals surface area contributed by atoms with Crippen molar-refractivity contribution in [3.8, 4) is 11.5 Å². The first-order valence-corrected chi connectivity index (χ1v) is 10.00. The van der Waals surface area contributed by atoms with Crippen LogP contribution in [0.2, 0.25) is 0 Å². The molecule has 2 aromatic rings. The molecule has 0 N–H and O–H groups in total. The number of amides is 1. The average Bonchev–Trinajstić information content (AvgIpc) is 3.38. The normalized spacial score (nSPS) is 19.0. The zero-order valence-corrected chi connectivity index (χ0v) is 16.5. The van der Waals surface area contributed by atoms with Crippen LogP contribution in [0, 0.1) is 0 Å². The van der Waals surface area contributed by atoms with Crippen molar-refractivity contribution < 1.29 is 14.3 Å². The van der Waals surface area contributed by atoms with Gasteiger partial charge in [-0.05, 0) is 50.9 Å². The van der Waals surface area contributed by atoms with Gasteiger partial charge in [-0.1, -0.05) is 11.3 Å². The average molecular weight is 385 g/mol. The molecule has 0 spiro atoms. The number of fused-ring (bicyclic) bond motifs is 1. The maximum atomic E-state index is 12.5. The Bertz CT molecular complexity index is 833. The number of carbonyl (C=O) groups is 1. The van der Waals surface area contributed by atoms with Gasteiger partial charge in [0.25, 0.3) is 5.91 Å². The zero-order valence-electron chi connectivity index (χ0n) is 16.5.